The van der Waals surface area contributed by atoms with Crippen molar-refractivity contribution in [3.8, 4) is 0 Å². The number of aliphatic hydroxyl groups is 1. The van der Waals surface area contributed by atoms with Crippen molar-refractivity contribution in [2.75, 3.05) is 13.1 Å². The lowest BCUT2D eigenvalue weighted by atomic mass is 9.94. The first-order chi connectivity index (χ1) is 10.9. The van der Waals surface area contributed by atoms with Crippen molar-refractivity contribution in [2.45, 2.75) is 44.6 Å². The van der Waals surface area contributed by atoms with Crippen LogP contribution in [0.5, 0.6) is 0 Å². The van der Waals surface area contributed by atoms with Gasteiger partial charge in [0.15, 0.2) is 0 Å². The fourth-order valence-corrected chi connectivity index (χ4v) is 2.65. The van der Waals surface area contributed by atoms with Gasteiger partial charge in [-0.05, 0) is 37.3 Å². The number of benzene rings is 1. The summed E-state index contributed by atoms with van der Waals surface area (Å²) in [6.45, 7) is 4.37. The first-order valence-electron chi connectivity index (χ1n) is 8.00. The zero-order valence-electron chi connectivity index (χ0n) is 13.5. The zero-order chi connectivity index (χ0) is 17.0. The summed E-state index contributed by atoms with van der Waals surface area (Å²) < 4.78 is 27.8. The molecule has 128 valence electrons. The van der Waals surface area contributed by atoms with E-state index in [4.69, 9.17) is 0 Å². The van der Waals surface area contributed by atoms with Crippen molar-refractivity contribution in [3.05, 3.63) is 35.4 Å². The summed E-state index contributed by atoms with van der Waals surface area (Å²) in [4.78, 5) is 11.8. The first kappa shape index (κ1) is 17.7. The molecule has 1 fully saturated rings. The molecule has 1 atom stereocenters. The van der Waals surface area contributed by atoms with Gasteiger partial charge in [0.25, 0.3) is 0 Å². The highest BCUT2D eigenvalue weighted by Crippen LogP contribution is 2.49. The Morgan fingerprint density at radius 1 is 1.26 bits per heavy atom. The molecule has 0 heterocycles. The molecule has 1 saturated carbocycles. The highest BCUT2D eigenvalue weighted by atomic mass is 19.1. The summed E-state index contributed by atoms with van der Waals surface area (Å²) in [5, 5.41) is 15.0. The second-order valence-corrected chi connectivity index (χ2v) is 6.59. The van der Waals surface area contributed by atoms with Gasteiger partial charge in [-0.25, -0.2) is 13.6 Å². The van der Waals surface area contributed by atoms with Crippen LogP contribution in [0, 0.1) is 17.6 Å². The van der Waals surface area contributed by atoms with Crippen LogP contribution >= 0.6 is 0 Å². The minimum absolute atomic E-state index is 0.0653. The van der Waals surface area contributed by atoms with Crippen molar-refractivity contribution in [1.29, 1.82) is 0 Å². The number of hydrogen-bond acceptors (Lipinski definition) is 2. The van der Waals surface area contributed by atoms with Crippen LogP contribution in [-0.4, -0.2) is 30.3 Å². The molecule has 0 bridgehead atoms. The van der Waals surface area contributed by atoms with E-state index in [1.54, 1.807) is 0 Å². The Morgan fingerprint density at radius 2 is 1.87 bits per heavy atom. The largest absolute Gasteiger partial charge is 0.393 e. The lowest BCUT2D eigenvalue weighted by Gasteiger charge is -2.19. The molecular formula is C17H24F2N2O2. The number of hydrogen-bond donors (Lipinski definition) is 3. The van der Waals surface area contributed by atoms with Crippen LogP contribution < -0.4 is 10.6 Å². The van der Waals surface area contributed by atoms with Gasteiger partial charge in [0.05, 0.1) is 6.10 Å². The monoisotopic (exact) mass is 326 g/mol. The number of rotatable bonds is 7. The first-order valence-corrected chi connectivity index (χ1v) is 8.00. The summed E-state index contributed by atoms with van der Waals surface area (Å²) in [5.41, 5.74) is -0.569. The predicted octanol–water partition coefficient (Wildman–Crippen LogP) is 2.70. The van der Waals surface area contributed by atoms with Gasteiger partial charge in [0, 0.05) is 24.1 Å². The van der Waals surface area contributed by atoms with Gasteiger partial charge >= 0.3 is 6.03 Å². The maximum absolute atomic E-state index is 13.9. The summed E-state index contributed by atoms with van der Waals surface area (Å²) in [5.74, 6) is -0.992. The van der Waals surface area contributed by atoms with Crippen LogP contribution in [0.4, 0.5) is 13.6 Å². The average molecular weight is 326 g/mol. The van der Waals surface area contributed by atoms with Crippen LogP contribution in [0.15, 0.2) is 18.2 Å². The Kier molecular flexibility index (Phi) is 5.57. The van der Waals surface area contributed by atoms with Crippen molar-refractivity contribution >= 4 is 6.03 Å². The molecule has 2 amide bonds. The number of aliphatic hydroxyl groups excluding tert-OH is 1. The number of urea groups is 1. The summed E-state index contributed by atoms with van der Waals surface area (Å²) in [7, 11) is 0. The fraction of sp³-hybridized carbons (Fsp3) is 0.588. The molecule has 0 aliphatic heterocycles. The second kappa shape index (κ2) is 7.25. The summed E-state index contributed by atoms with van der Waals surface area (Å²) >= 11 is 0. The molecule has 4 nitrogen and oxygen atoms in total. The molecule has 0 saturated heterocycles. The van der Waals surface area contributed by atoms with E-state index < -0.39 is 23.2 Å². The van der Waals surface area contributed by atoms with Crippen LogP contribution in [0.25, 0.3) is 0 Å². The van der Waals surface area contributed by atoms with Crippen LogP contribution in [0.1, 0.15) is 38.7 Å². The molecule has 1 aromatic rings. The minimum Gasteiger partial charge on any atom is -0.393 e. The Bertz CT molecular complexity index is 539. The van der Waals surface area contributed by atoms with Crippen LogP contribution in [0.3, 0.4) is 0 Å². The molecular weight excluding hydrogens is 302 g/mol. The molecule has 6 heteroatoms. The van der Waals surface area contributed by atoms with E-state index in [0.717, 1.165) is 0 Å². The zero-order valence-corrected chi connectivity index (χ0v) is 13.5. The van der Waals surface area contributed by atoms with E-state index in [9.17, 15) is 18.7 Å². The van der Waals surface area contributed by atoms with Gasteiger partial charge in [-0.2, -0.15) is 0 Å². The van der Waals surface area contributed by atoms with E-state index in [0.29, 0.717) is 25.8 Å². The van der Waals surface area contributed by atoms with Gasteiger partial charge in [-0.1, -0.05) is 19.9 Å². The van der Waals surface area contributed by atoms with E-state index in [2.05, 4.69) is 10.6 Å². The number of halogens is 2. The number of nitrogens with one attached hydrogen (secondary N) is 2. The molecule has 0 radical (unpaired) electrons. The van der Waals surface area contributed by atoms with Gasteiger partial charge in [0.2, 0.25) is 0 Å². The smallest absolute Gasteiger partial charge is 0.314 e. The van der Waals surface area contributed by atoms with Crippen molar-refractivity contribution in [1.82, 2.24) is 10.6 Å². The van der Waals surface area contributed by atoms with Gasteiger partial charge < -0.3 is 15.7 Å². The molecule has 0 spiro atoms. The Morgan fingerprint density at radius 3 is 2.39 bits per heavy atom. The summed E-state index contributed by atoms with van der Waals surface area (Å²) in [6, 6.07) is 3.44. The molecule has 1 aliphatic rings. The van der Waals surface area contributed by atoms with Gasteiger partial charge in [0.1, 0.15) is 11.6 Å². The van der Waals surface area contributed by atoms with E-state index in [1.165, 1.54) is 18.2 Å². The maximum atomic E-state index is 13.9. The molecule has 1 unspecified atom stereocenters. The third kappa shape index (κ3) is 4.41. The third-order valence-corrected chi connectivity index (χ3v) is 4.43. The van der Waals surface area contributed by atoms with E-state index in [-0.39, 0.29) is 24.1 Å². The molecule has 23 heavy (non-hydrogen) atoms. The fourth-order valence-electron chi connectivity index (χ4n) is 2.65. The maximum Gasteiger partial charge on any atom is 0.314 e. The molecule has 1 aromatic carbocycles. The van der Waals surface area contributed by atoms with Gasteiger partial charge in [-0.3, -0.25) is 0 Å². The lowest BCUT2D eigenvalue weighted by molar-refractivity contribution is 0.116. The van der Waals surface area contributed by atoms with Crippen LogP contribution in [-0.2, 0) is 5.41 Å². The van der Waals surface area contributed by atoms with Crippen molar-refractivity contribution in [2.24, 2.45) is 5.92 Å². The Hall–Kier alpha value is -1.69. The lowest BCUT2D eigenvalue weighted by Crippen LogP contribution is -2.41. The average Bonchev–Trinajstić information content (AvgIpc) is 3.25. The number of amides is 2. The van der Waals surface area contributed by atoms with E-state index >= 15 is 0 Å². The van der Waals surface area contributed by atoms with Gasteiger partial charge in [-0.15, -0.1) is 0 Å². The van der Waals surface area contributed by atoms with Crippen molar-refractivity contribution < 1.29 is 18.7 Å². The molecule has 1 aliphatic carbocycles. The quantitative estimate of drug-likeness (QED) is 0.721. The van der Waals surface area contributed by atoms with Crippen molar-refractivity contribution in [3.63, 3.8) is 0 Å². The number of carbonyl (C=O) groups is 1. The standard InChI is InChI=1S/C17H24F2N2O2/c1-11(2)14(22)6-9-20-16(23)21-10-17(7-8-17)15-12(18)4-3-5-13(15)19/h3-5,11,14,22H,6-10H2,1-2H3,(H2,20,21,23). The van der Waals surface area contributed by atoms with E-state index in [1.807, 2.05) is 13.8 Å². The minimum atomic E-state index is -0.635. The third-order valence-electron chi connectivity index (χ3n) is 4.43. The Labute approximate surface area is 135 Å². The predicted molar refractivity (Wildman–Crippen MR) is 84.1 cm³/mol. The Balaban J connectivity index is 1.83. The highest BCUT2D eigenvalue weighted by molar-refractivity contribution is 5.74. The normalized spacial score (nSPS) is 17.0. The summed E-state index contributed by atoms with van der Waals surface area (Å²) in [6.07, 6.45) is 1.31. The molecule has 2 rings (SSSR count). The van der Waals surface area contributed by atoms with Crippen LogP contribution in [0.2, 0.25) is 0 Å². The number of carbonyl (C=O) groups excluding carboxylic acids is 1. The second-order valence-electron chi connectivity index (χ2n) is 6.59. The highest BCUT2D eigenvalue weighted by Gasteiger charge is 2.47. The molecule has 3 N–H and O–H groups in total. The SMILES string of the molecule is CC(C)C(O)CCNC(=O)NCC1(c2c(F)cccc2F)CC1. The molecule has 0 aromatic heterocycles. The topological polar surface area (TPSA) is 61.4 Å².